The van der Waals surface area contributed by atoms with Crippen molar-refractivity contribution in [2.75, 3.05) is 18.9 Å². The molecule has 7 nitrogen and oxygen atoms in total. The number of nitrogens with zero attached hydrogens (tertiary/aromatic N) is 2. The molecule has 0 atom stereocenters. The van der Waals surface area contributed by atoms with Gasteiger partial charge in [-0.05, 0) is 32.0 Å². The minimum absolute atomic E-state index is 0.00439. The molecular formula is C14H16BrN3O4S. The van der Waals surface area contributed by atoms with Crippen LogP contribution in [0.25, 0.3) is 0 Å². The molecular weight excluding hydrogens is 386 g/mol. The van der Waals surface area contributed by atoms with E-state index in [0.717, 1.165) is 8.78 Å². The molecule has 0 aliphatic rings. The van der Waals surface area contributed by atoms with Crippen molar-refractivity contribution in [3.63, 3.8) is 0 Å². The maximum atomic E-state index is 12.5. The fraction of sp³-hybridized carbons (Fsp3) is 0.286. The second-order valence-corrected chi connectivity index (χ2v) is 7.87. The fourth-order valence-electron chi connectivity index (χ4n) is 2.05. The predicted octanol–water partition coefficient (Wildman–Crippen LogP) is 2.31. The summed E-state index contributed by atoms with van der Waals surface area (Å²) < 4.78 is 31.7. The molecule has 0 fully saturated rings. The average molecular weight is 402 g/mol. The van der Waals surface area contributed by atoms with Crippen LogP contribution in [-0.2, 0) is 14.8 Å². The molecule has 1 N–H and O–H groups in total. The fourth-order valence-corrected chi connectivity index (χ4v) is 3.86. The van der Waals surface area contributed by atoms with Gasteiger partial charge in [0, 0.05) is 17.2 Å². The van der Waals surface area contributed by atoms with Crippen LogP contribution in [0.15, 0.2) is 38.2 Å². The van der Waals surface area contributed by atoms with E-state index in [1.54, 1.807) is 25.1 Å². The molecule has 0 unspecified atom stereocenters. The van der Waals surface area contributed by atoms with E-state index in [1.165, 1.54) is 14.0 Å². The topological polar surface area (TPSA) is 92.5 Å². The van der Waals surface area contributed by atoms with E-state index in [-0.39, 0.29) is 22.9 Å². The molecule has 1 aromatic heterocycles. The van der Waals surface area contributed by atoms with Crippen molar-refractivity contribution >= 4 is 37.5 Å². The molecule has 2 aromatic rings. The lowest BCUT2D eigenvalue weighted by Crippen LogP contribution is -2.35. The summed E-state index contributed by atoms with van der Waals surface area (Å²) in [4.78, 5) is 12.0. The Morgan fingerprint density at radius 2 is 2.09 bits per heavy atom. The maximum absolute atomic E-state index is 12.5. The number of hydrogen-bond acceptors (Lipinski definition) is 5. The van der Waals surface area contributed by atoms with Crippen LogP contribution < -0.4 is 5.32 Å². The number of likely N-dealkylation sites (N-methyl/N-ethyl adjacent to an activating group) is 1. The van der Waals surface area contributed by atoms with E-state index in [0.29, 0.717) is 5.69 Å². The first-order valence-corrected chi connectivity index (χ1v) is 8.89. The number of halogens is 1. The largest absolute Gasteiger partial charge is 0.360 e. The van der Waals surface area contributed by atoms with Crippen molar-refractivity contribution in [2.24, 2.45) is 0 Å². The average Bonchev–Trinajstić information content (AvgIpc) is 2.78. The standard InChI is InChI=1S/C14H16BrN3O4S/c1-9-14(10(2)22-17-9)23(20,21)18(3)8-13(19)16-12-6-4-5-11(15)7-12/h4-7H,8H2,1-3H3,(H,16,19). The Kier molecular flexibility index (Phi) is 5.23. The Balaban J connectivity index is 2.12. The number of carbonyl (C=O) groups is 1. The summed E-state index contributed by atoms with van der Waals surface area (Å²) in [5.74, 6) is -0.248. The van der Waals surface area contributed by atoms with Gasteiger partial charge in [0.25, 0.3) is 0 Å². The number of amides is 1. The van der Waals surface area contributed by atoms with Gasteiger partial charge in [0.1, 0.15) is 10.6 Å². The number of anilines is 1. The van der Waals surface area contributed by atoms with Gasteiger partial charge < -0.3 is 9.84 Å². The summed E-state index contributed by atoms with van der Waals surface area (Å²) in [6, 6.07) is 7.03. The van der Waals surface area contributed by atoms with E-state index < -0.39 is 15.9 Å². The molecule has 9 heteroatoms. The van der Waals surface area contributed by atoms with Gasteiger partial charge >= 0.3 is 0 Å². The van der Waals surface area contributed by atoms with Crippen molar-refractivity contribution < 1.29 is 17.7 Å². The summed E-state index contributed by atoms with van der Waals surface area (Å²) in [5.41, 5.74) is 0.842. The van der Waals surface area contributed by atoms with Crippen molar-refractivity contribution in [1.29, 1.82) is 0 Å². The Labute approximate surface area is 142 Å². The Morgan fingerprint density at radius 1 is 1.39 bits per heavy atom. The third-order valence-corrected chi connectivity index (χ3v) is 5.65. The molecule has 124 valence electrons. The molecule has 1 amide bonds. The number of rotatable bonds is 5. The molecule has 0 aliphatic heterocycles. The molecule has 1 aromatic carbocycles. The van der Waals surface area contributed by atoms with E-state index in [9.17, 15) is 13.2 Å². The molecule has 2 rings (SSSR count). The van der Waals surface area contributed by atoms with Crippen LogP contribution >= 0.6 is 15.9 Å². The molecule has 0 saturated carbocycles. The van der Waals surface area contributed by atoms with Crippen molar-refractivity contribution in [3.05, 3.63) is 40.2 Å². The van der Waals surface area contributed by atoms with Gasteiger partial charge in [-0.3, -0.25) is 4.79 Å². The van der Waals surface area contributed by atoms with Crippen LogP contribution in [0.3, 0.4) is 0 Å². The molecule has 0 spiro atoms. The van der Waals surface area contributed by atoms with Gasteiger partial charge in [0.05, 0.1) is 6.54 Å². The summed E-state index contributed by atoms with van der Waals surface area (Å²) >= 11 is 3.30. The van der Waals surface area contributed by atoms with Gasteiger partial charge in [-0.15, -0.1) is 0 Å². The number of hydrogen-bond donors (Lipinski definition) is 1. The van der Waals surface area contributed by atoms with Crippen LogP contribution in [0.1, 0.15) is 11.5 Å². The first kappa shape index (κ1) is 17.6. The van der Waals surface area contributed by atoms with Crippen molar-refractivity contribution in [3.8, 4) is 0 Å². The normalized spacial score (nSPS) is 11.7. The number of aryl methyl sites for hydroxylation is 2. The van der Waals surface area contributed by atoms with Gasteiger partial charge in [0.2, 0.25) is 15.9 Å². The van der Waals surface area contributed by atoms with Gasteiger partial charge in [-0.2, -0.15) is 4.31 Å². The lowest BCUT2D eigenvalue weighted by atomic mass is 10.3. The Morgan fingerprint density at radius 3 is 2.65 bits per heavy atom. The summed E-state index contributed by atoms with van der Waals surface area (Å²) in [5, 5.41) is 6.28. The quantitative estimate of drug-likeness (QED) is 0.829. The highest BCUT2D eigenvalue weighted by Crippen LogP contribution is 2.22. The zero-order chi connectivity index (χ0) is 17.2. The Bertz CT molecular complexity index is 813. The summed E-state index contributed by atoms with van der Waals surface area (Å²) in [7, 11) is -2.51. The second-order valence-electron chi connectivity index (χ2n) is 4.97. The number of sulfonamides is 1. The minimum Gasteiger partial charge on any atom is -0.360 e. The van der Waals surface area contributed by atoms with Crippen LogP contribution in [0.5, 0.6) is 0 Å². The SMILES string of the molecule is Cc1noc(C)c1S(=O)(=O)N(C)CC(=O)Nc1cccc(Br)c1. The predicted molar refractivity (Wildman–Crippen MR) is 88.6 cm³/mol. The van der Waals surface area contributed by atoms with Gasteiger partial charge in [-0.25, -0.2) is 8.42 Å². The smallest absolute Gasteiger partial charge is 0.248 e. The van der Waals surface area contributed by atoms with Gasteiger partial charge in [0.15, 0.2) is 5.76 Å². The monoisotopic (exact) mass is 401 g/mol. The zero-order valence-electron chi connectivity index (χ0n) is 12.8. The molecule has 23 heavy (non-hydrogen) atoms. The molecule has 0 bridgehead atoms. The third-order valence-electron chi connectivity index (χ3n) is 3.11. The lowest BCUT2D eigenvalue weighted by Gasteiger charge is -2.16. The molecule has 0 radical (unpaired) electrons. The molecule has 0 saturated heterocycles. The van der Waals surface area contributed by atoms with Crippen LogP contribution in [0.4, 0.5) is 5.69 Å². The van der Waals surface area contributed by atoms with Crippen molar-refractivity contribution in [2.45, 2.75) is 18.7 Å². The number of nitrogens with one attached hydrogen (secondary N) is 1. The number of benzene rings is 1. The van der Waals surface area contributed by atoms with E-state index in [2.05, 4.69) is 26.4 Å². The third kappa shape index (κ3) is 3.98. The van der Waals surface area contributed by atoms with E-state index >= 15 is 0 Å². The second kappa shape index (κ2) is 6.81. The highest BCUT2D eigenvalue weighted by molar-refractivity contribution is 9.10. The molecule has 1 heterocycles. The Hall–Kier alpha value is -1.71. The van der Waals surface area contributed by atoms with Crippen LogP contribution in [0.2, 0.25) is 0 Å². The van der Waals surface area contributed by atoms with E-state index in [1.807, 2.05) is 6.07 Å². The first-order chi connectivity index (χ1) is 10.7. The van der Waals surface area contributed by atoms with E-state index in [4.69, 9.17) is 4.52 Å². The van der Waals surface area contributed by atoms with Gasteiger partial charge in [-0.1, -0.05) is 27.2 Å². The molecule has 0 aliphatic carbocycles. The number of carbonyl (C=O) groups excluding carboxylic acids is 1. The van der Waals surface area contributed by atoms with Crippen LogP contribution in [-0.4, -0.2) is 37.4 Å². The highest BCUT2D eigenvalue weighted by Gasteiger charge is 2.29. The zero-order valence-corrected chi connectivity index (χ0v) is 15.2. The first-order valence-electron chi connectivity index (χ1n) is 6.66. The summed E-state index contributed by atoms with van der Waals surface area (Å²) in [6.45, 7) is 2.74. The van der Waals surface area contributed by atoms with Crippen molar-refractivity contribution in [1.82, 2.24) is 9.46 Å². The lowest BCUT2D eigenvalue weighted by molar-refractivity contribution is -0.116. The number of aromatic nitrogens is 1. The van der Waals surface area contributed by atoms with Crippen LogP contribution in [0, 0.1) is 13.8 Å². The summed E-state index contributed by atoms with van der Waals surface area (Å²) in [6.07, 6.45) is 0. The minimum atomic E-state index is -3.85. The maximum Gasteiger partial charge on any atom is 0.248 e. The highest BCUT2D eigenvalue weighted by atomic mass is 79.9.